The van der Waals surface area contributed by atoms with Crippen molar-refractivity contribution in [1.82, 2.24) is 0 Å². The van der Waals surface area contributed by atoms with Crippen LogP contribution in [-0.2, 0) is 10.1 Å². The Bertz CT molecular complexity index is 852. The fourth-order valence-corrected chi connectivity index (χ4v) is 3.13. The maximum Gasteiger partial charge on any atom is 0.339 e. The van der Waals surface area contributed by atoms with Crippen LogP contribution >= 0.6 is 23.2 Å². The van der Waals surface area contributed by atoms with Gasteiger partial charge in [-0.05, 0) is 24.6 Å². The highest BCUT2D eigenvalue weighted by Gasteiger charge is 2.23. The molecule has 0 aliphatic rings. The predicted molar refractivity (Wildman–Crippen MR) is 82.1 cm³/mol. The molecule has 2 rings (SSSR count). The van der Waals surface area contributed by atoms with Crippen molar-refractivity contribution in [3.05, 3.63) is 62.1 Å². The van der Waals surface area contributed by atoms with Crippen LogP contribution in [0.3, 0.4) is 0 Å². The second-order valence-electron chi connectivity index (χ2n) is 4.32. The molecule has 0 spiro atoms. The van der Waals surface area contributed by atoms with Gasteiger partial charge >= 0.3 is 10.1 Å². The van der Waals surface area contributed by atoms with Gasteiger partial charge < -0.3 is 4.18 Å². The van der Waals surface area contributed by atoms with Crippen LogP contribution in [0.1, 0.15) is 5.56 Å². The highest BCUT2D eigenvalue weighted by atomic mass is 35.5. The minimum absolute atomic E-state index is 0.0414. The number of aryl methyl sites for hydroxylation is 1. The zero-order valence-electron chi connectivity index (χ0n) is 11.1. The van der Waals surface area contributed by atoms with E-state index in [-0.39, 0.29) is 26.4 Å². The normalized spacial score (nSPS) is 11.2. The monoisotopic (exact) mass is 361 g/mol. The molecule has 2 aromatic carbocycles. The van der Waals surface area contributed by atoms with Gasteiger partial charge in [0.25, 0.3) is 5.69 Å². The van der Waals surface area contributed by atoms with Gasteiger partial charge in [0, 0.05) is 18.2 Å². The lowest BCUT2D eigenvalue weighted by Gasteiger charge is -2.09. The molecule has 0 radical (unpaired) electrons. The smallest absolute Gasteiger partial charge is 0.339 e. The van der Waals surface area contributed by atoms with Gasteiger partial charge in [-0.25, -0.2) is 0 Å². The fraction of sp³-hybridized carbons (Fsp3) is 0.0769. The first-order chi connectivity index (χ1) is 10.2. The lowest BCUT2D eigenvalue weighted by molar-refractivity contribution is -0.385. The molecule has 0 saturated heterocycles. The van der Waals surface area contributed by atoms with Gasteiger partial charge in [-0.3, -0.25) is 10.1 Å². The molecule has 2 aromatic rings. The summed E-state index contributed by atoms with van der Waals surface area (Å²) in [5, 5.41) is 11.1. The summed E-state index contributed by atoms with van der Waals surface area (Å²) in [7, 11) is -4.24. The van der Waals surface area contributed by atoms with Crippen molar-refractivity contribution >= 4 is 39.0 Å². The maximum absolute atomic E-state index is 12.3. The fourth-order valence-electron chi connectivity index (χ4n) is 1.67. The average molecular weight is 362 g/mol. The van der Waals surface area contributed by atoms with Crippen molar-refractivity contribution in [3.63, 3.8) is 0 Å². The van der Waals surface area contributed by atoms with Crippen molar-refractivity contribution in [2.75, 3.05) is 0 Å². The predicted octanol–water partition coefficient (Wildman–Crippen LogP) is 3.98. The van der Waals surface area contributed by atoms with Gasteiger partial charge in [0.1, 0.15) is 10.6 Å². The third-order valence-corrected chi connectivity index (χ3v) is 4.88. The topological polar surface area (TPSA) is 86.5 Å². The first-order valence-corrected chi connectivity index (χ1v) is 8.02. The summed E-state index contributed by atoms with van der Waals surface area (Å²) < 4.78 is 29.5. The number of benzene rings is 2. The van der Waals surface area contributed by atoms with Crippen LogP contribution in [0, 0.1) is 17.0 Å². The van der Waals surface area contributed by atoms with Crippen molar-refractivity contribution in [2.24, 2.45) is 0 Å². The Kier molecular flexibility index (Phi) is 4.60. The molecule has 0 amide bonds. The number of rotatable bonds is 4. The summed E-state index contributed by atoms with van der Waals surface area (Å²) in [6.45, 7) is 1.51. The summed E-state index contributed by atoms with van der Waals surface area (Å²) in [6.07, 6.45) is 0. The van der Waals surface area contributed by atoms with Crippen LogP contribution < -0.4 is 4.18 Å². The van der Waals surface area contributed by atoms with Gasteiger partial charge in [0.15, 0.2) is 0 Å². The van der Waals surface area contributed by atoms with Crippen molar-refractivity contribution in [1.29, 1.82) is 0 Å². The number of halogens is 2. The van der Waals surface area contributed by atoms with Crippen LogP contribution in [0.25, 0.3) is 0 Å². The molecule has 0 fully saturated rings. The molecule has 0 N–H and O–H groups in total. The van der Waals surface area contributed by atoms with Crippen molar-refractivity contribution in [2.45, 2.75) is 11.8 Å². The number of non-ortho nitro benzene ring substituents is 1. The summed E-state index contributed by atoms with van der Waals surface area (Å²) in [5.74, 6) is -0.0414. The Balaban J connectivity index is 2.44. The van der Waals surface area contributed by atoms with Gasteiger partial charge in [-0.1, -0.05) is 29.3 Å². The third kappa shape index (κ3) is 3.49. The van der Waals surface area contributed by atoms with E-state index >= 15 is 0 Å². The molecule has 0 aromatic heterocycles. The third-order valence-electron chi connectivity index (χ3n) is 2.75. The molecule has 0 aliphatic carbocycles. The van der Waals surface area contributed by atoms with E-state index in [9.17, 15) is 18.5 Å². The second-order valence-corrected chi connectivity index (χ2v) is 6.65. The molecular weight excluding hydrogens is 353 g/mol. The number of nitro benzene ring substituents is 1. The minimum atomic E-state index is -4.24. The lowest BCUT2D eigenvalue weighted by atomic mass is 10.2. The van der Waals surface area contributed by atoms with Crippen molar-refractivity contribution in [3.8, 4) is 5.75 Å². The van der Waals surface area contributed by atoms with E-state index in [0.717, 1.165) is 6.07 Å². The van der Waals surface area contributed by atoms with Crippen LogP contribution in [-0.4, -0.2) is 13.3 Å². The molecule has 9 heteroatoms. The molecule has 0 saturated carbocycles. The molecule has 0 aliphatic heterocycles. The Labute approximate surface area is 136 Å². The summed E-state index contributed by atoms with van der Waals surface area (Å²) in [5.41, 5.74) is -0.0208. The highest BCUT2D eigenvalue weighted by molar-refractivity contribution is 7.87. The molecule has 0 heterocycles. The molecule has 0 atom stereocenters. The first-order valence-electron chi connectivity index (χ1n) is 5.85. The number of hydrogen-bond donors (Lipinski definition) is 0. The van der Waals surface area contributed by atoms with Crippen LogP contribution in [0.5, 0.6) is 5.75 Å². The summed E-state index contributed by atoms with van der Waals surface area (Å²) >= 11 is 11.5. The molecule has 0 unspecified atom stereocenters. The van der Waals surface area contributed by atoms with E-state index < -0.39 is 15.0 Å². The molecular formula is C13H9Cl2NO5S. The summed E-state index contributed by atoms with van der Waals surface area (Å²) in [6, 6.07) is 7.46. The number of hydrogen-bond acceptors (Lipinski definition) is 5. The van der Waals surface area contributed by atoms with Gasteiger partial charge in [0.05, 0.1) is 15.0 Å². The van der Waals surface area contributed by atoms with Crippen LogP contribution in [0.2, 0.25) is 10.0 Å². The molecule has 116 valence electrons. The van der Waals surface area contributed by atoms with E-state index in [0.29, 0.717) is 5.56 Å². The quantitative estimate of drug-likeness (QED) is 0.467. The zero-order valence-corrected chi connectivity index (χ0v) is 13.4. The van der Waals surface area contributed by atoms with E-state index in [2.05, 4.69) is 0 Å². The van der Waals surface area contributed by atoms with Crippen molar-refractivity contribution < 1.29 is 17.5 Å². The number of nitrogens with zero attached hydrogens (tertiary/aromatic N) is 1. The minimum Gasteiger partial charge on any atom is -0.379 e. The second kappa shape index (κ2) is 6.12. The Hall–Kier alpha value is -1.83. The summed E-state index contributed by atoms with van der Waals surface area (Å²) in [4.78, 5) is 9.80. The van der Waals surface area contributed by atoms with Crippen LogP contribution in [0.4, 0.5) is 5.69 Å². The van der Waals surface area contributed by atoms with Crippen LogP contribution in [0.15, 0.2) is 41.3 Å². The van der Waals surface area contributed by atoms with Gasteiger partial charge in [-0.2, -0.15) is 8.42 Å². The first kappa shape index (κ1) is 16.5. The Morgan fingerprint density at radius 1 is 1.09 bits per heavy atom. The maximum atomic E-state index is 12.3. The lowest BCUT2D eigenvalue weighted by Crippen LogP contribution is -2.11. The number of nitro groups is 1. The average Bonchev–Trinajstić information content (AvgIpc) is 2.42. The Morgan fingerprint density at radius 3 is 2.36 bits per heavy atom. The van der Waals surface area contributed by atoms with E-state index in [1.54, 1.807) is 0 Å². The standard InChI is InChI=1S/C13H9Cl2NO5S/c1-8-2-3-9(16(17)18)6-13(8)22(19,20)21-10-4-5-11(14)12(15)7-10/h2-7H,1H3. The van der Waals surface area contributed by atoms with Gasteiger partial charge in [-0.15, -0.1) is 0 Å². The van der Waals surface area contributed by atoms with E-state index in [1.165, 1.54) is 37.3 Å². The molecule has 6 nitrogen and oxygen atoms in total. The Morgan fingerprint density at radius 2 is 1.77 bits per heavy atom. The molecule has 22 heavy (non-hydrogen) atoms. The SMILES string of the molecule is Cc1ccc([N+](=O)[O-])cc1S(=O)(=O)Oc1ccc(Cl)c(Cl)c1. The molecule has 0 bridgehead atoms. The largest absolute Gasteiger partial charge is 0.379 e. The van der Waals surface area contributed by atoms with Gasteiger partial charge in [0.2, 0.25) is 0 Å². The van der Waals surface area contributed by atoms with E-state index in [1.807, 2.05) is 0 Å². The zero-order chi connectivity index (χ0) is 16.5. The van der Waals surface area contributed by atoms with E-state index in [4.69, 9.17) is 27.4 Å². The highest BCUT2D eigenvalue weighted by Crippen LogP contribution is 2.29.